The molecule has 0 spiro atoms. The molecule has 0 amide bonds. The van der Waals surface area contributed by atoms with Crippen molar-refractivity contribution in [2.75, 3.05) is 0 Å². The highest BCUT2D eigenvalue weighted by molar-refractivity contribution is 4.90. The van der Waals surface area contributed by atoms with Crippen molar-refractivity contribution in [3.05, 3.63) is 0 Å². The summed E-state index contributed by atoms with van der Waals surface area (Å²) in [4.78, 5) is 0. The van der Waals surface area contributed by atoms with Crippen molar-refractivity contribution in [3.63, 3.8) is 0 Å². The lowest BCUT2D eigenvalue weighted by molar-refractivity contribution is 0.219. The minimum atomic E-state index is 0.470. The molecule has 0 aromatic rings. The molecule has 3 atom stereocenters. The molecular weight excluding hydrogens is 146 g/mol. The zero-order valence-corrected chi connectivity index (χ0v) is 8.88. The summed E-state index contributed by atoms with van der Waals surface area (Å²) in [5, 5.41) is 0. The van der Waals surface area contributed by atoms with E-state index >= 15 is 0 Å². The van der Waals surface area contributed by atoms with Crippen molar-refractivity contribution in [1.29, 1.82) is 0 Å². The Morgan fingerprint density at radius 2 is 1.58 bits per heavy atom. The second kappa shape index (κ2) is 3.78. The average Bonchev–Trinajstić information content (AvgIpc) is 2.30. The van der Waals surface area contributed by atoms with E-state index in [4.69, 9.17) is 5.73 Å². The maximum absolute atomic E-state index is 6.11. The van der Waals surface area contributed by atoms with E-state index in [1.165, 1.54) is 12.8 Å². The van der Waals surface area contributed by atoms with Gasteiger partial charge in [0, 0.05) is 6.04 Å². The van der Waals surface area contributed by atoms with Gasteiger partial charge in [-0.1, -0.05) is 27.7 Å². The van der Waals surface area contributed by atoms with Crippen LogP contribution in [-0.4, -0.2) is 6.04 Å². The standard InChI is InChI=1S/C11H23N/c1-7(2)9-5-6-10(12)11(9)8(3)4/h7-11H,5-6,12H2,1-4H3. The molecule has 1 aliphatic rings. The number of hydrogen-bond donors (Lipinski definition) is 1. The van der Waals surface area contributed by atoms with Gasteiger partial charge < -0.3 is 5.73 Å². The van der Waals surface area contributed by atoms with Crippen LogP contribution in [0.5, 0.6) is 0 Å². The average molecular weight is 169 g/mol. The van der Waals surface area contributed by atoms with Gasteiger partial charge in [-0.2, -0.15) is 0 Å². The van der Waals surface area contributed by atoms with Crippen LogP contribution >= 0.6 is 0 Å². The number of hydrogen-bond acceptors (Lipinski definition) is 1. The molecule has 1 fully saturated rings. The first-order valence-corrected chi connectivity index (χ1v) is 5.29. The van der Waals surface area contributed by atoms with Gasteiger partial charge >= 0.3 is 0 Å². The monoisotopic (exact) mass is 169 g/mol. The van der Waals surface area contributed by atoms with Crippen LogP contribution in [0.2, 0.25) is 0 Å². The summed E-state index contributed by atoms with van der Waals surface area (Å²) >= 11 is 0. The van der Waals surface area contributed by atoms with E-state index in [9.17, 15) is 0 Å². The molecule has 2 N–H and O–H groups in total. The Morgan fingerprint density at radius 1 is 1.00 bits per heavy atom. The van der Waals surface area contributed by atoms with Gasteiger partial charge in [0.1, 0.15) is 0 Å². The highest BCUT2D eigenvalue weighted by Gasteiger charge is 2.36. The summed E-state index contributed by atoms with van der Waals surface area (Å²) in [5.41, 5.74) is 6.11. The third-order valence-electron chi connectivity index (χ3n) is 3.45. The third kappa shape index (κ3) is 1.82. The predicted molar refractivity (Wildman–Crippen MR) is 53.9 cm³/mol. The molecule has 0 aromatic heterocycles. The largest absolute Gasteiger partial charge is 0.327 e. The van der Waals surface area contributed by atoms with Gasteiger partial charge in [0.2, 0.25) is 0 Å². The van der Waals surface area contributed by atoms with E-state index < -0.39 is 0 Å². The van der Waals surface area contributed by atoms with Crippen LogP contribution in [0.1, 0.15) is 40.5 Å². The number of nitrogens with two attached hydrogens (primary N) is 1. The van der Waals surface area contributed by atoms with Crippen molar-refractivity contribution >= 4 is 0 Å². The van der Waals surface area contributed by atoms with Gasteiger partial charge in [0.25, 0.3) is 0 Å². The fourth-order valence-corrected chi connectivity index (χ4v) is 2.85. The van der Waals surface area contributed by atoms with Gasteiger partial charge in [-0.3, -0.25) is 0 Å². The van der Waals surface area contributed by atoms with Gasteiger partial charge in [-0.15, -0.1) is 0 Å². The highest BCUT2D eigenvalue weighted by atomic mass is 14.7. The quantitative estimate of drug-likeness (QED) is 0.675. The Bertz CT molecular complexity index is 140. The summed E-state index contributed by atoms with van der Waals surface area (Å²) in [6.07, 6.45) is 2.59. The summed E-state index contributed by atoms with van der Waals surface area (Å²) in [6, 6.07) is 0.470. The van der Waals surface area contributed by atoms with Crippen LogP contribution in [-0.2, 0) is 0 Å². The fraction of sp³-hybridized carbons (Fsp3) is 1.00. The van der Waals surface area contributed by atoms with E-state index in [0.29, 0.717) is 6.04 Å². The van der Waals surface area contributed by atoms with Crippen molar-refractivity contribution in [3.8, 4) is 0 Å². The molecule has 1 rings (SSSR count). The lowest BCUT2D eigenvalue weighted by atomic mass is 9.78. The topological polar surface area (TPSA) is 26.0 Å². The molecular formula is C11H23N. The zero-order chi connectivity index (χ0) is 9.30. The van der Waals surface area contributed by atoms with Gasteiger partial charge in [-0.05, 0) is 36.5 Å². The highest BCUT2D eigenvalue weighted by Crippen LogP contribution is 2.40. The zero-order valence-electron chi connectivity index (χ0n) is 8.88. The minimum Gasteiger partial charge on any atom is -0.327 e. The molecule has 0 heterocycles. The Kier molecular flexibility index (Phi) is 3.16. The van der Waals surface area contributed by atoms with Crippen LogP contribution in [0, 0.1) is 23.7 Å². The first kappa shape index (κ1) is 10.0. The van der Waals surface area contributed by atoms with Gasteiger partial charge in [0.15, 0.2) is 0 Å². The lowest BCUT2D eigenvalue weighted by Gasteiger charge is -2.29. The Morgan fingerprint density at radius 3 is 1.92 bits per heavy atom. The summed E-state index contributed by atoms with van der Waals surface area (Å²) < 4.78 is 0. The minimum absolute atomic E-state index is 0.470. The van der Waals surface area contributed by atoms with Crippen molar-refractivity contribution in [2.45, 2.75) is 46.6 Å². The molecule has 0 saturated heterocycles. The predicted octanol–water partition coefficient (Wildman–Crippen LogP) is 2.65. The van der Waals surface area contributed by atoms with E-state index in [0.717, 1.165) is 23.7 Å². The maximum atomic E-state index is 6.11. The summed E-state index contributed by atoms with van der Waals surface area (Å²) in [6.45, 7) is 9.28. The molecule has 12 heavy (non-hydrogen) atoms. The van der Waals surface area contributed by atoms with Crippen LogP contribution in [0.4, 0.5) is 0 Å². The van der Waals surface area contributed by atoms with Crippen molar-refractivity contribution in [1.82, 2.24) is 0 Å². The lowest BCUT2D eigenvalue weighted by Crippen LogP contribution is -2.33. The smallest absolute Gasteiger partial charge is 0.00724 e. The Balaban J connectivity index is 2.64. The molecule has 1 aliphatic carbocycles. The van der Waals surface area contributed by atoms with E-state index in [1.807, 2.05) is 0 Å². The van der Waals surface area contributed by atoms with E-state index in [-0.39, 0.29) is 0 Å². The van der Waals surface area contributed by atoms with Crippen LogP contribution in [0.3, 0.4) is 0 Å². The van der Waals surface area contributed by atoms with Gasteiger partial charge in [-0.25, -0.2) is 0 Å². The fourth-order valence-electron chi connectivity index (χ4n) is 2.85. The first-order valence-electron chi connectivity index (χ1n) is 5.29. The van der Waals surface area contributed by atoms with Crippen molar-refractivity contribution < 1.29 is 0 Å². The maximum Gasteiger partial charge on any atom is 0.00724 e. The van der Waals surface area contributed by atoms with Crippen LogP contribution < -0.4 is 5.73 Å². The van der Waals surface area contributed by atoms with Crippen molar-refractivity contribution in [2.24, 2.45) is 29.4 Å². The van der Waals surface area contributed by atoms with E-state index in [2.05, 4.69) is 27.7 Å². The second-order valence-electron chi connectivity index (χ2n) is 4.97. The molecule has 0 aromatic carbocycles. The van der Waals surface area contributed by atoms with Crippen LogP contribution in [0.15, 0.2) is 0 Å². The molecule has 1 heteroatoms. The molecule has 1 saturated carbocycles. The molecule has 3 unspecified atom stereocenters. The summed E-state index contributed by atoms with van der Waals surface area (Å²) in [5.74, 6) is 3.21. The molecule has 72 valence electrons. The van der Waals surface area contributed by atoms with Gasteiger partial charge in [0.05, 0.1) is 0 Å². The molecule has 0 radical (unpaired) electrons. The second-order valence-corrected chi connectivity index (χ2v) is 4.97. The Labute approximate surface area is 76.7 Å². The first-order chi connectivity index (χ1) is 5.54. The van der Waals surface area contributed by atoms with E-state index in [1.54, 1.807) is 0 Å². The molecule has 0 bridgehead atoms. The normalized spacial score (nSPS) is 36.8. The molecule has 1 nitrogen and oxygen atoms in total. The Hall–Kier alpha value is -0.0400. The number of rotatable bonds is 2. The SMILES string of the molecule is CC(C)C1CCC(N)C1C(C)C. The molecule has 0 aliphatic heterocycles. The van der Waals surface area contributed by atoms with Crippen LogP contribution in [0.25, 0.3) is 0 Å². The third-order valence-corrected chi connectivity index (χ3v) is 3.45. The summed E-state index contributed by atoms with van der Waals surface area (Å²) in [7, 11) is 0.